The number of carbonyl (C=O) groups excluding carboxylic acids is 2. The molecule has 1 aromatic heterocycles. The molecular weight excluding hydrogens is 260 g/mol. The molecule has 0 aromatic carbocycles. The molecule has 2 N–H and O–H groups in total. The summed E-state index contributed by atoms with van der Waals surface area (Å²) in [5.41, 5.74) is 0. The average molecular weight is 280 g/mol. The fourth-order valence-corrected chi connectivity index (χ4v) is 2.04. The van der Waals surface area contributed by atoms with E-state index >= 15 is 0 Å². The Balaban J connectivity index is 1.54. The molecule has 1 saturated heterocycles. The number of hydrogen-bond donors (Lipinski definition) is 2. The lowest BCUT2D eigenvalue weighted by Gasteiger charge is -2.10. The quantitative estimate of drug-likeness (QED) is 0.780. The van der Waals surface area contributed by atoms with E-state index in [-0.39, 0.29) is 30.8 Å². The normalized spacial score (nSPS) is 17.9. The zero-order valence-electron chi connectivity index (χ0n) is 11.4. The van der Waals surface area contributed by atoms with E-state index in [9.17, 15) is 9.59 Å². The van der Waals surface area contributed by atoms with Crippen LogP contribution < -0.4 is 10.6 Å². The first kappa shape index (κ1) is 14.6. The Morgan fingerprint density at radius 1 is 1.25 bits per heavy atom. The van der Waals surface area contributed by atoms with Gasteiger partial charge in [0.25, 0.3) is 0 Å². The number of amides is 2. The van der Waals surface area contributed by atoms with Crippen LogP contribution in [0.3, 0.4) is 0 Å². The molecule has 1 aliphatic rings. The molecule has 0 saturated carbocycles. The fourth-order valence-electron chi connectivity index (χ4n) is 2.04. The van der Waals surface area contributed by atoms with E-state index in [0.717, 1.165) is 19.4 Å². The van der Waals surface area contributed by atoms with Gasteiger partial charge in [-0.2, -0.15) is 0 Å². The van der Waals surface area contributed by atoms with Gasteiger partial charge in [0.2, 0.25) is 11.8 Å². The van der Waals surface area contributed by atoms with E-state index in [0.29, 0.717) is 18.8 Å². The monoisotopic (exact) mass is 280 g/mol. The highest BCUT2D eigenvalue weighted by atomic mass is 16.5. The zero-order valence-corrected chi connectivity index (χ0v) is 11.4. The van der Waals surface area contributed by atoms with Crippen LogP contribution in [0.5, 0.6) is 0 Å². The van der Waals surface area contributed by atoms with E-state index in [1.165, 1.54) is 0 Å². The van der Waals surface area contributed by atoms with Gasteiger partial charge in [0.15, 0.2) is 0 Å². The third-order valence-corrected chi connectivity index (χ3v) is 3.17. The molecule has 0 bridgehead atoms. The summed E-state index contributed by atoms with van der Waals surface area (Å²) in [6, 6.07) is 3.55. The number of carbonyl (C=O) groups is 2. The topological polar surface area (TPSA) is 80.6 Å². The summed E-state index contributed by atoms with van der Waals surface area (Å²) < 4.78 is 10.5. The van der Waals surface area contributed by atoms with Gasteiger partial charge in [-0.25, -0.2) is 0 Å². The Hall–Kier alpha value is -1.82. The summed E-state index contributed by atoms with van der Waals surface area (Å²) in [7, 11) is 0. The smallest absolute Gasteiger partial charge is 0.220 e. The summed E-state index contributed by atoms with van der Waals surface area (Å²) in [5.74, 6) is 0.420. The number of nitrogens with one attached hydrogen (secondary N) is 2. The van der Waals surface area contributed by atoms with E-state index in [1.807, 2.05) is 0 Å². The number of rotatable bonds is 7. The Morgan fingerprint density at radius 2 is 2.05 bits per heavy atom. The first-order valence-electron chi connectivity index (χ1n) is 6.91. The molecule has 6 nitrogen and oxygen atoms in total. The molecule has 0 unspecified atom stereocenters. The van der Waals surface area contributed by atoms with Crippen molar-refractivity contribution in [1.29, 1.82) is 0 Å². The maximum Gasteiger partial charge on any atom is 0.220 e. The maximum atomic E-state index is 11.6. The van der Waals surface area contributed by atoms with E-state index in [2.05, 4.69) is 10.6 Å². The number of hydrogen-bond acceptors (Lipinski definition) is 4. The summed E-state index contributed by atoms with van der Waals surface area (Å²) in [4.78, 5) is 23.1. The Kier molecular flexibility index (Phi) is 5.61. The van der Waals surface area contributed by atoms with Crippen molar-refractivity contribution in [1.82, 2.24) is 10.6 Å². The van der Waals surface area contributed by atoms with Crippen molar-refractivity contribution in [3.8, 4) is 0 Å². The lowest BCUT2D eigenvalue weighted by molar-refractivity contribution is -0.126. The first-order chi connectivity index (χ1) is 9.74. The molecule has 0 aliphatic carbocycles. The second-order valence-corrected chi connectivity index (χ2v) is 4.80. The van der Waals surface area contributed by atoms with Crippen LogP contribution in [0.15, 0.2) is 22.8 Å². The van der Waals surface area contributed by atoms with Gasteiger partial charge < -0.3 is 19.8 Å². The third kappa shape index (κ3) is 5.05. The van der Waals surface area contributed by atoms with Crippen molar-refractivity contribution in [2.45, 2.75) is 38.3 Å². The van der Waals surface area contributed by atoms with E-state index in [4.69, 9.17) is 9.15 Å². The largest absolute Gasteiger partial charge is 0.467 e. The van der Waals surface area contributed by atoms with Crippen molar-refractivity contribution in [3.05, 3.63) is 24.2 Å². The molecule has 2 heterocycles. The van der Waals surface area contributed by atoms with Crippen LogP contribution in [0.1, 0.15) is 31.4 Å². The van der Waals surface area contributed by atoms with Crippen LogP contribution in [0.4, 0.5) is 0 Å². The van der Waals surface area contributed by atoms with Crippen LogP contribution in [-0.4, -0.2) is 31.1 Å². The molecule has 0 radical (unpaired) electrons. The van der Waals surface area contributed by atoms with E-state index in [1.54, 1.807) is 18.4 Å². The van der Waals surface area contributed by atoms with Crippen molar-refractivity contribution in [3.63, 3.8) is 0 Å². The molecular formula is C14H20N2O4. The van der Waals surface area contributed by atoms with Gasteiger partial charge in [0.1, 0.15) is 5.76 Å². The molecule has 1 atom stereocenters. The van der Waals surface area contributed by atoms with Gasteiger partial charge in [-0.15, -0.1) is 0 Å². The highest BCUT2D eigenvalue weighted by Gasteiger charge is 2.16. The molecule has 6 heteroatoms. The van der Waals surface area contributed by atoms with Gasteiger partial charge in [-0.1, -0.05) is 0 Å². The van der Waals surface area contributed by atoms with Gasteiger partial charge in [0, 0.05) is 26.0 Å². The second kappa shape index (κ2) is 7.69. The molecule has 110 valence electrons. The predicted molar refractivity (Wildman–Crippen MR) is 71.8 cm³/mol. The highest BCUT2D eigenvalue weighted by Crippen LogP contribution is 2.10. The first-order valence-corrected chi connectivity index (χ1v) is 6.91. The number of ether oxygens (including phenoxy) is 1. The minimum Gasteiger partial charge on any atom is -0.467 e. The standard InChI is InChI=1S/C14H20N2O4/c17-13(15-9-11-3-1-7-19-11)5-6-14(18)16-10-12-4-2-8-20-12/h1,3,7,12H,2,4-6,8-10H2,(H,15,17)(H,16,18)/t12-/m0/s1. The van der Waals surface area contributed by atoms with Gasteiger partial charge in [-0.3, -0.25) is 9.59 Å². The van der Waals surface area contributed by atoms with Crippen LogP contribution in [0.2, 0.25) is 0 Å². The average Bonchev–Trinajstić information content (AvgIpc) is 3.13. The molecule has 2 rings (SSSR count). The van der Waals surface area contributed by atoms with E-state index < -0.39 is 0 Å². The summed E-state index contributed by atoms with van der Waals surface area (Å²) >= 11 is 0. The van der Waals surface area contributed by atoms with Crippen LogP contribution >= 0.6 is 0 Å². The number of furan rings is 1. The zero-order chi connectivity index (χ0) is 14.2. The Labute approximate surface area is 117 Å². The molecule has 1 aliphatic heterocycles. The SMILES string of the molecule is O=C(CCC(=O)NC[C@@H]1CCCO1)NCc1ccco1. The van der Waals surface area contributed by atoms with Crippen LogP contribution in [0, 0.1) is 0 Å². The Bertz CT molecular complexity index is 424. The Morgan fingerprint density at radius 3 is 2.70 bits per heavy atom. The molecule has 0 spiro atoms. The molecule has 1 aromatic rings. The van der Waals surface area contributed by atoms with Gasteiger partial charge >= 0.3 is 0 Å². The molecule has 2 amide bonds. The van der Waals surface area contributed by atoms with Gasteiger partial charge in [-0.05, 0) is 25.0 Å². The lowest BCUT2D eigenvalue weighted by atomic mass is 10.2. The maximum absolute atomic E-state index is 11.6. The van der Waals surface area contributed by atoms with Crippen molar-refractivity contribution < 1.29 is 18.7 Å². The highest BCUT2D eigenvalue weighted by molar-refractivity contribution is 5.83. The van der Waals surface area contributed by atoms with Gasteiger partial charge in [0.05, 0.1) is 18.9 Å². The van der Waals surface area contributed by atoms with Crippen molar-refractivity contribution in [2.24, 2.45) is 0 Å². The second-order valence-electron chi connectivity index (χ2n) is 4.80. The van der Waals surface area contributed by atoms with Crippen LogP contribution in [0.25, 0.3) is 0 Å². The minimum absolute atomic E-state index is 0.117. The third-order valence-electron chi connectivity index (χ3n) is 3.17. The molecule has 1 fully saturated rings. The minimum atomic E-state index is -0.159. The predicted octanol–water partition coefficient (Wildman–Crippen LogP) is 0.971. The lowest BCUT2D eigenvalue weighted by Crippen LogP contribution is -2.32. The summed E-state index contributed by atoms with van der Waals surface area (Å²) in [6.07, 6.45) is 4.10. The summed E-state index contributed by atoms with van der Waals surface area (Å²) in [5, 5.41) is 5.49. The fraction of sp³-hybridized carbons (Fsp3) is 0.571. The van der Waals surface area contributed by atoms with Crippen molar-refractivity contribution in [2.75, 3.05) is 13.2 Å². The van der Waals surface area contributed by atoms with Crippen LogP contribution in [-0.2, 0) is 20.9 Å². The van der Waals surface area contributed by atoms with Crippen molar-refractivity contribution >= 4 is 11.8 Å². The molecule has 20 heavy (non-hydrogen) atoms. The summed E-state index contributed by atoms with van der Waals surface area (Å²) in [6.45, 7) is 1.66.